The van der Waals surface area contributed by atoms with Gasteiger partial charge in [-0.3, -0.25) is 9.59 Å². The minimum Gasteiger partial charge on any atom is -0.396 e. The molecule has 3 nitrogen and oxygen atoms in total. The Morgan fingerprint density at radius 1 is 0.889 bits per heavy atom. The predicted molar refractivity (Wildman–Crippen MR) is 65.9 cm³/mol. The Labute approximate surface area is 103 Å². The van der Waals surface area contributed by atoms with Gasteiger partial charge in [0.15, 0.2) is 5.82 Å². The Hall–Kier alpha value is -2.49. The van der Waals surface area contributed by atoms with Crippen LogP contribution in [0.5, 0.6) is 0 Å². The monoisotopic (exact) mass is 243 g/mol. The zero-order valence-corrected chi connectivity index (χ0v) is 9.39. The molecular formula is C14H10FNO2. The van der Waals surface area contributed by atoms with E-state index in [9.17, 15) is 14.0 Å². The molecule has 0 radical (unpaired) electrons. The van der Waals surface area contributed by atoms with Crippen molar-refractivity contribution in [2.45, 2.75) is 0 Å². The molecule has 0 heterocycles. The molecule has 4 heteroatoms. The summed E-state index contributed by atoms with van der Waals surface area (Å²) < 4.78 is 13.6. The van der Waals surface area contributed by atoms with Gasteiger partial charge in [-0.2, -0.15) is 0 Å². The SMILES string of the molecule is Nc1cccc(C(=O)C(=O)c2ccccc2)c1F. The molecule has 0 saturated carbocycles. The van der Waals surface area contributed by atoms with E-state index in [4.69, 9.17) is 5.73 Å². The highest BCUT2D eigenvalue weighted by Gasteiger charge is 2.22. The second-order valence-corrected chi connectivity index (χ2v) is 3.73. The average molecular weight is 243 g/mol. The highest BCUT2D eigenvalue weighted by Crippen LogP contribution is 2.17. The first kappa shape index (κ1) is 12.0. The van der Waals surface area contributed by atoms with E-state index in [2.05, 4.69) is 0 Å². The summed E-state index contributed by atoms with van der Waals surface area (Å²) in [6, 6.07) is 12.0. The normalized spacial score (nSPS) is 10.1. The highest BCUT2D eigenvalue weighted by atomic mass is 19.1. The number of benzene rings is 2. The Bertz CT molecular complexity index is 608. The van der Waals surface area contributed by atoms with Gasteiger partial charge in [0.25, 0.3) is 0 Å². The summed E-state index contributed by atoms with van der Waals surface area (Å²) in [5.41, 5.74) is 5.13. The van der Waals surface area contributed by atoms with Gasteiger partial charge in [-0.25, -0.2) is 4.39 Å². The fourth-order valence-corrected chi connectivity index (χ4v) is 1.57. The summed E-state index contributed by atoms with van der Waals surface area (Å²) in [7, 11) is 0. The number of anilines is 1. The number of carbonyl (C=O) groups is 2. The zero-order valence-electron chi connectivity index (χ0n) is 9.39. The summed E-state index contributed by atoms with van der Waals surface area (Å²) >= 11 is 0. The first-order chi connectivity index (χ1) is 8.61. The van der Waals surface area contributed by atoms with Crippen molar-refractivity contribution in [2.24, 2.45) is 0 Å². The maximum absolute atomic E-state index is 13.6. The molecule has 0 unspecified atom stereocenters. The molecule has 18 heavy (non-hydrogen) atoms. The first-order valence-electron chi connectivity index (χ1n) is 5.29. The Balaban J connectivity index is 2.38. The van der Waals surface area contributed by atoms with Gasteiger partial charge in [0, 0.05) is 5.56 Å². The van der Waals surface area contributed by atoms with E-state index in [0.29, 0.717) is 0 Å². The number of carbonyl (C=O) groups excluding carboxylic acids is 2. The lowest BCUT2D eigenvalue weighted by molar-refractivity contribution is 0.0814. The predicted octanol–water partition coefficient (Wildman–Crippen LogP) is 2.47. The van der Waals surface area contributed by atoms with Crippen LogP contribution in [0.3, 0.4) is 0 Å². The number of nitrogens with two attached hydrogens (primary N) is 1. The van der Waals surface area contributed by atoms with Gasteiger partial charge in [-0.1, -0.05) is 36.4 Å². The number of rotatable bonds is 3. The minimum atomic E-state index is -0.897. The van der Waals surface area contributed by atoms with E-state index in [1.54, 1.807) is 18.2 Å². The van der Waals surface area contributed by atoms with Crippen LogP contribution in [0, 0.1) is 5.82 Å². The molecule has 2 aromatic rings. The van der Waals surface area contributed by atoms with E-state index in [0.717, 1.165) is 0 Å². The van der Waals surface area contributed by atoms with Crippen LogP contribution >= 0.6 is 0 Å². The zero-order chi connectivity index (χ0) is 13.1. The molecule has 0 aliphatic heterocycles. The van der Waals surface area contributed by atoms with Gasteiger partial charge in [0.1, 0.15) is 0 Å². The van der Waals surface area contributed by atoms with Crippen molar-refractivity contribution >= 4 is 17.3 Å². The first-order valence-corrected chi connectivity index (χ1v) is 5.29. The van der Waals surface area contributed by atoms with E-state index in [1.165, 1.54) is 30.3 Å². The van der Waals surface area contributed by atoms with Crippen LogP contribution < -0.4 is 5.73 Å². The number of ketones is 2. The Morgan fingerprint density at radius 3 is 2.22 bits per heavy atom. The molecule has 0 aliphatic carbocycles. The van der Waals surface area contributed by atoms with Crippen LogP contribution in [0.1, 0.15) is 20.7 Å². The molecule has 0 saturated heterocycles. The molecule has 0 aliphatic rings. The number of hydrogen-bond donors (Lipinski definition) is 1. The molecule has 0 amide bonds. The van der Waals surface area contributed by atoms with Crippen LogP contribution in [-0.2, 0) is 0 Å². The number of halogens is 1. The van der Waals surface area contributed by atoms with Crippen molar-refractivity contribution in [3.8, 4) is 0 Å². The van der Waals surface area contributed by atoms with Crippen molar-refractivity contribution in [3.05, 3.63) is 65.5 Å². The molecule has 0 aromatic heterocycles. The molecule has 0 bridgehead atoms. The van der Waals surface area contributed by atoms with Crippen LogP contribution in [0.2, 0.25) is 0 Å². The summed E-state index contributed by atoms with van der Waals surface area (Å²) in [4.78, 5) is 23.7. The average Bonchev–Trinajstić information content (AvgIpc) is 2.41. The molecule has 0 spiro atoms. The third-order valence-electron chi connectivity index (χ3n) is 2.52. The Kier molecular flexibility index (Phi) is 3.19. The summed E-state index contributed by atoms with van der Waals surface area (Å²) in [5, 5.41) is 0. The molecular weight excluding hydrogens is 233 g/mol. The van der Waals surface area contributed by atoms with Crippen LogP contribution in [0.15, 0.2) is 48.5 Å². The lowest BCUT2D eigenvalue weighted by atomic mass is 10.0. The second kappa shape index (κ2) is 4.79. The number of nitrogen functional groups attached to an aromatic ring is 1. The fourth-order valence-electron chi connectivity index (χ4n) is 1.57. The van der Waals surface area contributed by atoms with Crippen LogP contribution in [0.4, 0.5) is 10.1 Å². The topological polar surface area (TPSA) is 60.2 Å². The summed E-state index contributed by atoms with van der Waals surface area (Å²) in [6.45, 7) is 0. The molecule has 2 aromatic carbocycles. The third kappa shape index (κ3) is 2.13. The quantitative estimate of drug-likeness (QED) is 0.511. The number of Topliss-reactive ketones (excluding diaryl/α,β-unsaturated/α-hetero) is 2. The van der Waals surface area contributed by atoms with Gasteiger partial charge in [-0.15, -0.1) is 0 Å². The van der Waals surface area contributed by atoms with Crippen LogP contribution in [0.25, 0.3) is 0 Å². The maximum Gasteiger partial charge on any atom is 0.236 e. The van der Waals surface area contributed by atoms with E-state index >= 15 is 0 Å². The van der Waals surface area contributed by atoms with Gasteiger partial charge < -0.3 is 5.73 Å². The standard InChI is InChI=1S/C14H10FNO2/c15-12-10(7-4-8-11(12)16)14(18)13(17)9-5-2-1-3-6-9/h1-8H,16H2. The summed E-state index contributed by atoms with van der Waals surface area (Å²) in [5.74, 6) is -2.50. The summed E-state index contributed by atoms with van der Waals surface area (Å²) in [6.07, 6.45) is 0. The van der Waals surface area contributed by atoms with Crippen molar-refractivity contribution in [2.75, 3.05) is 5.73 Å². The fraction of sp³-hybridized carbons (Fsp3) is 0. The lowest BCUT2D eigenvalue weighted by Gasteiger charge is -2.03. The molecule has 2 rings (SSSR count). The van der Waals surface area contributed by atoms with Gasteiger partial charge >= 0.3 is 0 Å². The smallest absolute Gasteiger partial charge is 0.236 e. The van der Waals surface area contributed by atoms with E-state index < -0.39 is 17.4 Å². The highest BCUT2D eigenvalue weighted by molar-refractivity contribution is 6.49. The Morgan fingerprint density at radius 2 is 1.56 bits per heavy atom. The third-order valence-corrected chi connectivity index (χ3v) is 2.52. The molecule has 0 atom stereocenters. The molecule has 2 N–H and O–H groups in total. The maximum atomic E-state index is 13.6. The van der Waals surface area contributed by atoms with Gasteiger partial charge in [0.05, 0.1) is 11.3 Å². The van der Waals surface area contributed by atoms with Crippen molar-refractivity contribution < 1.29 is 14.0 Å². The van der Waals surface area contributed by atoms with Crippen molar-refractivity contribution in [1.29, 1.82) is 0 Å². The number of hydrogen-bond acceptors (Lipinski definition) is 3. The second-order valence-electron chi connectivity index (χ2n) is 3.73. The van der Waals surface area contributed by atoms with Crippen molar-refractivity contribution in [1.82, 2.24) is 0 Å². The largest absolute Gasteiger partial charge is 0.396 e. The van der Waals surface area contributed by atoms with Gasteiger partial charge in [-0.05, 0) is 12.1 Å². The van der Waals surface area contributed by atoms with Crippen molar-refractivity contribution in [3.63, 3.8) is 0 Å². The molecule has 90 valence electrons. The molecule has 0 fully saturated rings. The lowest BCUT2D eigenvalue weighted by Crippen LogP contribution is -2.16. The van der Waals surface area contributed by atoms with E-state index in [1.807, 2.05) is 0 Å². The van der Waals surface area contributed by atoms with Gasteiger partial charge in [0.2, 0.25) is 11.6 Å². The minimum absolute atomic E-state index is 0.151. The van der Waals surface area contributed by atoms with Crippen LogP contribution in [-0.4, -0.2) is 11.6 Å². The van der Waals surface area contributed by atoms with E-state index in [-0.39, 0.29) is 16.8 Å².